The molecule has 0 aromatic heterocycles. The van der Waals surface area contributed by atoms with Gasteiger partial charge in [0, 0.05) is 20.1 Å². The second-order valence-corrected chi connectivity index (χ2v) is 4.91. The number of aryl methyl sites for hydroxylation is 3. The highest BCUT2D eigenvalue weighted by molar-refractivity contribution is 5.86. The van der Waals surface area contributed by atoms with Gasteiger partial charge in [0.1, 0.15) is 0 Å². The number of rotatable bonds is 6. The summed E-state index contributed by atoms with van der Waals surface area (Å²) in [6.45, 7) is 6.68. The largest absolute Gasteiger partial charge is 0.385 e. The van der Waals surface area contributed by atoms with Crippen molar-refractivity contribution in [2.24, 2.45) is 5.73 Å². The average Bonchev–Trinajstić information content (AvgIpc) is 2.30. The highest BCUT2D eigenvalue weighted by atomic mass is 16.5. The predicted octanol–water partition coefficient (Wildman–Crippen LogP) is 2.09. The molecule has 0 aliphatic heterocycles. The molecule has 0 amide bonds. The van der Waals surface area contributed by atoms with Crippen molar-refractivity contribution in [1.29, 1.82) is 0 Å². The minimum Gasteiger partial charge on any atom is -0.385 e. The molecule has 1 atom stereocenters. The Labute approximate surface area is 109 Å². The summed E-state index contributed by atoms with van der Waals surface area (Å²) < 4.78 is 4.94. The summed E-state index contributed by atoms with van der Waals surface area (Å²) >= 11 is 0. The van der Waals surface area contributed by atoms with Crippen molar-refractivity contribution in [2.75, 3.05) is 13.7 Å². The summed E-state index contributed by atoms with van der Waals surface area (Å²) in [4.78, 5) is 12.0. The standard InChI is InChI=1S/C15H23NO2/c1-10-7-11(2)13(12(3)8-10)9-15(17)14(16)5-6-18-4/h7-8,14H,5-6,9,16H2,1-4H3. The van der Waals surface area contributed by atoms with Gasteiger partial charge in [-0.3, -0.25) is 4.79 Å². The molecule has 0 saturated carbocycles. The Morgan fingerprint density at radius 2 is 1.83 bits per heavy atom. The highest BCUT2D eigenvalue weighted by Gasteiger charge is 2.16. The topological polar surface area (TPSA) is 52.3 Å². The van der Waals surface area contributed by atoms with Crippen LogP contribution in [0.25, 0.3) is 0 Å². The van der Waals surface area contributed by atoms with Gasteiger partial charge in [0.25, 0.3) is 0 Å². The van der Waals surface area contributed by atoms with Crippen LogP contribution in [0.15, 0.2) is 12.1 Å². The van der Waals surface area contributed by atoms with Crippen LogP contribution < -0.4 is 5.73 Å². The molecule has 1 rings (SSSR count). The number of methoxy groups -OCH3 is 1. The molecular formula is C15H23NO2. The maximum absolute atomic E-state index is 12.0. The third-order valence-electron chi connectivity index (χ3n) is 3.24. The molecular weight excluding hydrogens is 226 g/mol. The van der Waals surface area contributed by atoms with E-state index in [2.05, 4.69) is 19.1 Å². The second kappa shape index (κ2) is 6.66. The molecule has 1 aromatic carbocycles. The van der Waals surface area contributed by atoms with Gasteiger partial charge < -0.3 is 10.5 Å². The Kier molecular flexibility index (Phi) is 5.51. The lowest BCUT2D eigenvalue weighted by atomic mass is 9.93. The summed E-state index contributed by atoms with van der Waals surface area (Å²) in [7, 11) is 1.62. The van der Waals surface area contributed by atoms with Crippen LogP contribution in [0.4, 0.5) is 0 Å². The molecule has 100 valence electrons. The van der Waals surface area contributed by atoms with Crippen LogP contribution in [0.1, 0.15) is 28.7 Å². The first-order valence-corrected chi connectivity index (χ1v) is 6.29. The number of carbonyl (C=O) groups excluding carboxylic acids is 1. The fourth-order valence-electron chi connectivity index (χ4n) is 2.20. The van der Waals surface area contributed by atoms with Gasteiger partial charge in [-0.25, -0.2) is 0 Å². The van der Waals surface area contributed by atoms with Gasteiger partial charge >= 0.3 is 0 Å². The average molecular weight is 249 g/mol. The van der Waals surface area contributed by atoms with Crippen LogP contribution in [0.5, 0.6) is 0 Å². The van der Waals surface area contributed by atoms with Gasteiger partial charge in [0.15, 0.2) is 5.78 Å². The summed E-state index contributed by atoms with van der Waals surface area (Å²) in [5.41, 5.74) is 10.5. The van der Waals surface area contributed by atoms with Crippen LogP contribution in [0.3, 0.4) is 0 Å². The van der Waals surface area contributed by atoms with Crippen molar-refractivity contribution < 1.29 is 9.53 Å². The maximum Gasteiger partial charge on any atom is 0.153 e. The molecule has 1 aromatic rings. The van der Waals surface area contributed by atoms with Gasteiger partial charge in [-0.2, -0.15) is 0 Å². The normalized spacial score (nSPS) is 12.5. The Hall–Kier alpha value is -1.19. The first kappa shape index (κ1) is 14.9. The van der Waals surface area contributed by atoms with E-state index in [9.17, 15) is 4.79 Å². The molecule has 0 aliphatic rings. The van der Waals surface area contributed by atoms with Crippen molar-refractivity contribution in [1.82, 2.24) is 0 Å². The number of hydrogen-bond donors (Lipinski definition) is 1. The second-order valence-electron chi connectivity index (χ2n) is 4.91. The van der Waals surface area contributed by atoms with Crippen molar-refractivity contribution in [3.8, 4) is 0 Å². The van der Waals surface area contributed by atoms with Crippen molar-refractivity contribution >= 4 is 5.78 Å². The zero-order valence-corrected chi connectivity index (χ0v) is 11.7. The lowest BCUT2D eigenvalue weighted by molar-refractivity contribution is -0.120. The van der Waals surface area contributed by atoms with Crippen molar-refractivity contribution in [3.63, 3.8) is 0 Å². The number of carbonyl (C=O) groups is 1. The van der Waals surface area contributed by atoms with Crippen LogP contribution in [0.2, 0.25) is 0 Å². The van der Waals surface area contributed by atoms with E-state index < -0.39 is 6.04 Å². The van der Waals surface area contributed by atoms with E-state index in [1.165, 1.54) is 16.7 Å². The molecule has 0 bridgehead atoms. The molecule has 2 N–H and O–H groups in total. The van der Waals surface area contributed by atoms with Crippen LogP contribution >= 0.6 is 0 Å². The van der Waals surface area contributed by atoms with Gasteiger partial charge in [-0.1, -0.05) is 17.7 Å². The first-order valence-electron chi connectivity index (χ1n) is 6.29. The summed E-state index contributed by atoms with van der Waals surface area (Å²) in [5, 5.41) is 0. The molecule has 0 fully saturated rings. The zero-order valence-electron chi connectivity index (χ0n) is 11.7. The lowest BCUT2D eigenvalue weighted by Crippen LogP contribution is -2.33. The third kappa shape index (κ3) is 3.93. The summed E-state index contributed by atoms with van der Waals surface area (Å²) in [6, 6.07) is 3.79. The Morgan fingerprint density at radius 1 is 1.28 bits per heavy atom. The molecule has 3 heteroatoms. The van der Waals surface area contributed by atoms with Gasteiger partial charge in [-0.05, 0) is 43.9 Å². The van der Waals surface area contributed by atoms with Gasteiger partial charge in [0.05, 0.1) is 6.04 Å². The summed E-state index contributed by atoms with van der Waals surface area (Å²) in [6.07, 6.45) is 1.00. The molecule has 0 radical (unpaired) electrons. The number of nitrogens with two attached hydrogens (primary N) is 1. The maximum atomic E-state index is 12.0. The van der Waals surface area contributed by atoms with E-state index in [0.717, 1.165) is 5.56 Å². The van der Waals surface area contributed by atoms with Crippen molar-refractivity contribution in [2.45, 2.75) is 39.7 Å². The molecule has 0 saturated heterocycles. The molecule has 0 heterocycles. The number of ether oxygens (including phenoxy) is 1. The van der Waals surface area contributed by atoms with Gasteiger partial charge in [0.2, 0.25) is 0 Å². The Balaban J connectivity index is 2.76. The third-order valence-corrected chi connectivity index (χ3v) is 3.24. The minimum atomic E-state index is -0.426. The highest BCUT2D eigenvalue weighted by Crippen LogP contribution is 2.17. The van der Waals surface area contributed by atoms with Crippen LogP contribution in [0, 0.1) is 20.8 Å². The smallest absolute Gasteiger partial charge is 0.153 e. The predicted molar refractivity (Wildman–Crippen MR) is 73.8 cm³/mol. The van der Waals surface area contributed by atoms with Gasteiger partial charge in [-0.15, -0.1) is 0 Å². The first-order chi connectivity index (χ1) is 8.45. The number of benzene rings is 1. The van der Waals surface area contributed by atoms with E-state index in [0.29, 0.717) is 19.4 Å². The number of ketones is 1. The fourth-order valence-corrected chi connectivity index (χ4v) is 2.20. The van der Waals surface area contributed by atoms with E-state index in [4.69, 9.17) is 10.5 Å². The zero-order chi connectivity index (χ0) is 13.7. The monoisotopic (exact) mass is 249 g/mol. The quantitative estimate of drug-likeness (QED) is 0.840. The lowest BCUT2D eigenvalue weighted by Gasteiger charge is -2.14. The molecule has 0 spiro atoms. The van der Waals surface area contributed by atoms with E-state index >= 15 is 0 Å². The number of Topliss-reactive ketones (excluding diaryl/α,β-unsaturated/α-hetero) is 1. The SMILES string of the molecule is COCCC(N)C(=O)Cc1c(C)cc(C)cc1C. The van der Waals surface area contributed by atoms with E-state index in [1.54, 1.807) is 7.11 Å². The molecule has 3 nitrogen and oxygen atoms in total. The molecule has 1 unspecified atom stereocenters. The fraction of sp³-hybridized carbons (Fsp3) is 0.533. The van der Waals surface area contributed by atoms with Crippen LogP contribution in [-0.4, -0.2) is 25.5 Å². The van der Waals surface area contributed by atoms with E-state index in [-0.39, 0.29) is 5.78 Å². The molecule has 18 heavy (non-hydrogen) atoms. The summed E-state index contributed by atoms with van der Waals surface area (Å²) in [5.74, 6) is 0.0853. The Morgan fingerprint density at radius 3 is 2.33 bits per heavy atom. The Bertz CT molecular complexity index is 403. The van der Waals surface area contributed by atoms with E-state index in [1.807, 2.05) is 13.8 Å². The van der Waals surface area contributed by atoms with Crippen molar-refractivity contribution in [3.05, 3.63) is 34.4 Å². The van der Waals surface area contributed by atoms with Crippen LogP contribution in [-0.2, 0) is 16.0 Å². The number of hydrogen-bond acceptors (Lipinski definition) is 3. The molecule has 0 aliphatic carbocycles. The minimum absolute atomic E-state index is 0.0853.